The number of ether oxygens (including phenoxy) is 1. The summed E-state index contributed by atoms with van der Waals surface area (Å²) in [6.45, 7) is 11.5. The van der Waals surface area contributed by atoms with Crippen molar-refractivity contribution in [1.82, 2.24) is 5.32 Å². The molecule has 2 aliphatic rings. The zero-order chi connectivity index (χ0) is 13.8. The van der Waals surface area contributed by atoms with Gasteiger partial charge in [0.2, 0.25) is 0 Å². The Balaban J connectivity index is 2.17. The first-order chi connectivity index (χ1) is 8.18. The predicted octanol–water partition coefficient (Wildman–Crippen LogP) is 2.74. The highest BCUT2D eigenvalue weighted by Crippen LogP contribution is 2.71. The zero-order valence-electron chi connectivity index (χ0n) is 12.6. The van der Waals surface area contributed by atoms with Crippen LogP contribution in [0.1, 0.15) is 53.9 Å². The van der Waals surface area contributed by atoms with Gasteiger partial charge < -0.3 is 10.1 Å². The van der Waals surface area contributed by atoms with Crippen LogP contribution in [0.2, 0.25) is 0 Å². The third kappa shape index (κ3) is 1.56. The van der Waals surface area contributed by atoms with Gasteiger partial charge in [-0.15, -0.1) is 0 Å². The predicted molar refractivity (Wildman–Crippen MR) is 72.2 cm³/mol. The lowest BCUT2D eigenvalue weighted by atomic mass is 9.65. The van der Waals surface area contributed by atoms with Crippen molar-refractivity contribution in [3.05, 3.63) is 0 Å². The van der Waals surface area contributed by atoms with Crippen molar-refractivity contribution >= 4 is 5.97 Å². The molecule has 0 saturated heterocycles. The lowest BCUT2D eigenvalue weighted by molar-refractivity contribution is -0.143. The number of esters is 1. The average Bonchev–Trinajstić information content (AvgIpc) is 2.56. The second-order valence-corrected chi connectivity index (χ2v) is 7.27. The second kappa shape index (κ2) is 3.96. The zero-order valence-corrected chi connectivity index (χ0v) is 12.6. The highest BCUT2D eigenvalue weighted by Gasteiger charge is 2.67. The molecule has 0 radical (unpaired) electrons. The van der Waals surface area contributed by atoms with Gasteiger partial charge in [0.25, 0.3) is 0 Å². The Bertz CT molecular complexity index is 366. The number of hydrogen-bond donors (Lipinski definition) is 1. The molecule has 2 aliphatic carbocycles. The van der Waals surface area contributed by atoms with Crippen molar-refractivity contribution in [2.45, 2.75) is 66.0 Å². The van der Waals surface area contributed by atoms with Crippen LogP contribution in [0.3, 0.4) is 0 Å². The molecule has 0 aliphatic heterocycles. The molecule has 3 heteroatoms. The molecule has 18 heavy (non-hydrogen) atoms. The molecule has 2 bridgehead atoms. The lowest BCUT2D eigenvalue weighted by Crippen LogP contribution is -2.50. The van der Waals surface area contributed by atoms with Crippen LogP contribution < -0.4 is 5.32 Å². The van der Waals surface area contributed by atoms with Gasteiger partial charge in [-0.25, -0.2) is 0 Å². The fourth-order valence-electron chi connectivity index (χ4n) is 4.28. The molecular formula is C15H27NO2. The summed E-state index contributed by atoms with van der Waals surface area (Å²) in [6, 6.07) is 0.205. The molecule has 0 aromatic carbocycles. The molecule has 0 amide bonds. The number of carbonyl (C=O) groups excluding carboxylic acids is 1. The maximum absolute atomic E-state index is 11.6. The molecule has 0 aromatic rings. The van der Waals surface area contributed by atoms with E-state index in [4.69, 9.17) is 4.74 Å². The van der Waals surface area contributed by atoms with Gasteiger partial charge in [0.1, 0.15) is 6.04 Å². The molecule has 0 spiro atoms. The maximum atomic E-state index is 11.6. The summed E-state index contributed by atoms with van der Waals surface area (Å²) in [7, 11) is 1.45. The lowest BCUT2D eigenvalue weighted by Gasteiger charge is -2.41. The van der Waals surface area contributed by atoms with E-state index < -0.39 is 0 Å². The van der Waals surface area contributed by atoms with Gasteiger partial charge in [0.15, 0.2) is 0 Å². The smallest absolute Gasteiger partial charge is 0.322 e. The standard InChI is InChI=1S/C15H27NO2/c1-10(12(17)18-6)16-11-9-14(4)7-8-15(11,5)13(14,2)3/h10-11,16H,7-9H2,1-6H3/t10-,11+,14+,15-/m0/s1. The van der Waals surface area contributed by atoms with Crippen molar-refractivity contribution in [2.24, 2.45) is 16.2 Å². The van der Waals surface area contributed by atoms with E-state index in [1.165, 1.54) is 20.0 Å². The summed E-state index contributed by atoms with van der Waals surface area (Å²) in [5, 5.41) is 3.51. The summed E-state index contributed by atoms with van der Waals surface area (Å²) < 4.78 is 4.81. The summed E-state index contributed by atoms with van der Waals surface area (Å²) in [4.78, 5) is 11.6. The Morgan fingerprint density at radius 1 is 1.28 bits per heavy atom. The first kappa shape index (κ1) is 13.9. The fraction of sp³-hybridized carbons (Fsp3) is 0.933. The van der Waals surface area contributed by atoms with E-state index in [0.29, 0.717) is 16.9 Å². The summed E-state index contributed by atoms with van der Waals surface area (Å²) in [5.41, 5.74) is 1.01. The SMILES string of the molecule is COC(=O)[C@H](C)N[C@@H]1C[C@@]2(C)CC[C@]1(C)C2(C)C. The Hall–Kier alpha value is -0.570. The van der Waals surface area contributed by atoms with Crippen molar-refractivity contribution in [2.75, 3.05) is 7.11 Å². The van der Waals surface area contributed by atoms with Crippen molar-refractivity contribution in [3.8, 4) is 0 Å². The third-order valence-corrected chi connectivity index (χ3v) is 6.56. The van der Waals surface area contributed by atoms with Crippen molar-refractivity contribution in [3.63, 3.8) is 0 Å². The van der Waals surface area contributed by atoms with Crippen molar-refractivity contribution < 1.29 is 9.53 Å². The Morgan fingerprint density at radius 2 is 1.89 bits per heavy atom. The first-order valence-corrected chi connectivity index (χ1v) is 7.02. The molecule has 0 heterocycles. The van der Waals surface area contributed by atoms with Crippen LogP contribution in [-0.2, 0) is 9.53 Å². The molecule has 3 nitrogen and oxygen atoms in total. The topological polar surface area (TPSA) is 38.3 Å². The quantitative estimate of drug-likeness (QED) is 0.786. The molecule has 1 N–H and O–H groups in total. The fourth-order valence-corrected chi connectivity index (χ4v) is 4.28. The Labute approximate surface area is 111 Å². The third-order valence-electron chi connectivity index (χ3n) is 6.56. The minimum absolute atomic E-state index is 0.163. The van der Waals surface area contributed by atoms with E-state index in [9.17, 15) is 4.79 Å². The van der Waals surface area contributed by atoms with Crippen molar-refractivity contribution in [1.29, 1.82) is 0 Å². The van der Waals surface area contributed by atoms with Gasteiger partial charge in [-0.2, -0.15) is 0 Å². The second-order valence-electron chi connectivity index (χ2n) is 7.27. The van der Waals surface area contributed by atoms with E-state index in [0.717, 1.165) is 6.42 Å². The molecule has 2 saturated carbocycles. The van der Waals surface area contributed by atoms with E-state index in [-0.39, 0.29) is 17.4 Å². The van der Waals surface area contributed by atoms with Gasteiger partial charge in [-0.05, 0) is 42.4 Å². The van der Waals surface area contributed by atoms with Crippen LogP contribution in [0.25, 0.3) is 0 Å². The number of fused-ring (bicyclic) bond motifs is 2. The minimum Gasteiger partial charge on any atom is -0.468 e. The van der Waals surface area contributed by atoms with Crippen LogP contribution in [0, 0.1) is 16.2 Å². The monoisotopic (exact) mass is 253 g/mol. The maximum Gasteiger partial charge on any atom is 0.322 e. The number of hydrogen-bond acceptors (Lipinski definition) is 3. The summed E-state index contributed by atoms with van der Waals surface area (Å²) in [6.07, 6.45) is 3.72. The van der Waals surface area contributed by atoms with E-state index >= 15 is 0 Å². The van der Waals surface area contributed by atoms with Gasteiger partial charge in [0.05, 0.1) is 7.11 Å². The average molecular weight is 253 g/mol. The number of nitrogens with one attached hydrogen (secondary N) is 1. The van der Waals surface area contributed by atoms with Gasteiger partial charge >= 0.3 is 5.97 Å². The molecular weight excluding hydrogens is 226 g/mol. The van der Waals surface area contributed by atoms with Crippen LogP contribution in [0.15, 0.2) is 0 Å². The van der Waals surface area contributed by atoms with E-state index in [1.807, 2.05) is 6.92 Å². The van der Waals surface area contributed by atoms with Gasteiger partial charge in [0, 0.05) is 6.04 Å². The number of methoxy groups -OCH3 is 1. The number of carbonyl (C=O) groups is 1. The van der Waals surface area contributed by atoms with Crippen LogP contribution in [0.5, 0.6) is 0 Å². The molecule has 2 fully saturated rings. The summed E-state index contributed by atoms with van der Waals surface area (Å²) >= 11 is 0. The Kier molecular flexibility index (Phi) is 3.05. The van der Waals surface area contributed by atoms with Crippen LogP contribution in [0.4, 0.5) is 0 Å². The minimum atomic E-state index is -0.212. The largest absolute Gasteiger partial charge is 0.468 e. The summed E-state index contributed by atoms with van der Waals surface area (Å²) in [5.74, 6) is -0.163. The molecule has 0 aromatic heterocycles. The molecule has 0 unspecified atom stereocenters. The van der Waals surface area contributed by atoms with Crippen LogP contribution >= 0.6 is 0 Å². The van der Waals surface area contributed by atoms with E-state index in [1.54, 1.807) is 0 Å². The molecule has 104 valence electrons. The van der Waals surface area contributed by atoms with Gasteiger partial charge in [-0.1, -0.05) is 27.7 Å². The Morgan fingerprint density at radius 3 is 2.28 bits per heavy atom. The van der Waals surface area contributed by atoms with Crippen LogP contribution in [-0.4, -0.2) is 25.2 Å². The first-order valence-electron chi connectivity index (χ1n) is 7.02. The molecule has 2 rings (SSSR count). The highest BCUT2D eigenvalue weighted by atomic mass is 16.5. The molecule has 4 atom stereocenters. The van der Waals surface area contributed by atoms with E-state index in [2.05, 4.69) is 33.0 Å². The van der Waals surface area contributed by atoms with Gasteiger partial charge in [-0.3, -0.25) is 4.79 Å². The number of rotatable bonds is 3. The normalized spacial score (nSPS) is 42.9. The highest BCUT2D eigenvalue weighted by molar-refractivity contribution is 5.75.